The lowest BCUT2D eigenvalue weighted by molar-refractivity contribution is 0.101. The Balaban J connectivity index is 1.80. The fraction of sp³-hybridized carbons (Fsp3) is 0.118. The predicted molar refractivity (Wildman–Crippen MR) is 85.1 cm³/mol. The summed E-state index contributed by atoms with van der Waals surface area (Å²) in [6, 6.07) is 8.85. The van der Waals surface area contributed by atoms with Crippen molar-refractivity contribution in [2.75, 3.05) is 5.32 Å². The van der Waals surface area contributed by atoms with E-state index in [-0.39, 0.29) is 11.5 Å². The van der Waals surface area contributed by atoms with Crippen LogP contribution in [0.5, 0.6) is 0 Å². The summed E-state index contributed by atoms with van der Waals surface area (Å²) in [5, 5.41) is 6.69. The van der Waals surface area contributed by atoms with E-state index >= 15 is 0 Å². The van der Waals surface area contributed by atoms with Crippen LogP contribution < -0.4 is 5.32 Å². The second-order valence-corrected chi connectivity index (χ2v) is 5.36. The molecule has 5 nitrogen and oxygen atoms in total. The van der Waals surface area contributed by atoms with Crippen molar-refractivity contribution in [1.29, 1.82) is 0 Å². The fourth-order valence-corrected chi connectivity index (χ4v) is 2.13. The van der Waals surface area contributed by atoms with Gasteiger partial charge in [-0.25, -0.2) is 18.4 Å². The number of rotatable bonds is 3. The smallest absolute Gasteiger partial charge is 0.295 e. The molecule has 0 aliphatic heterocycles. The van der Waals surface area contributed by atoms with Crippen molar-refractivity contribution < 1.29 is 13.6 Å². The lowest BCUT2D eigenvalue weighted by Gasteiger charge is -2.05. The second kappa shape index (κ2) is 6.19. The highest BCUT2D eigenvalue weighted by Gasteiger charge is 2.13. The summed E-state index contributed by atoms with van der Waals surface area (Å²) in [6.45, 7) is 3.92. The largest absolute Gasteiger partial charge is 0.319 e. The zero-order chi connectivity index (χ0) is 17.3. The third-order valence-corrected chi connectivity index (χ3v) is 3.63. The van der Waals surface area contributed by atoms with Crippen molar-refractivity contribution in [3.8, 4) is 5.69 Å². The summed E-state index contributed by atoms with van der Waals surface area (Å²) in [5.74, 6) is -2.51. The maximum Gasteiger partial charge on any atom is 0.295 e. The molecular weight excluding hydrogens is 314 g/mol. The van der Waals surface area contributed by atoms with E-state index < -0.39 is 17.5 Å². The van der Waals surface area contributed by atoms with Crippen LogP contribution in [-0.2, 0) is 0 Å². The molecule has 0 unspecified atom stereocenters. The number of aryl methyl sites for hydroxylation is 2. The minimum absolute atomic E-state index is 0.0713. The summed E-state index contributed by atoms with van der Waals surface area (Å²) in [4.78, 5) is 16.1. The number of aromatic nitrogens is 3. The third-order valence-electron chi connectivity index (χ3n) is 3.63. The number of anilines is 1. The molecule has 0 aliphatic carbocycles. The first-order valence-electron chi connectivity index (χ1n) is 7.20. The van der Waals surface area contributed by atoms with Gasteiger partial charge in [0.05, 0.1) is 5.69 Å². The van der Waals surface area contributed by atoms with Crippen LogP contribution in [0, 0.1) is 25.5 Å². The van der Waals surface area contributed by atoms with Crippen molar-refractivity contribution >= 4 is 11.6 Å². The Hall–Kier alpha value is -3.09. The Morgan fingerprint density at radius 2 is 1.83 bits per heavy atom. The Kier molecular flexibility index (Phi) is 4.07. The van der Waals surface area contributed by atoms with Gasteiger partial charge in [0.2, 0.25) is 5.82 Å². The average Bonchev–Trinajstić information content (AvgIpc) is 3.04. The molecule has 3 rings (SSSR count). The summed E-state index contributed by atoms with van der Waals surface area (Å²) in [7, 11) is 0. The van der Waals surface area contributed by atoms with Gasteiger partial charge < -0.3 is 5.32 Å². The van der Waals surface area contributed by atoms with Gasteiger partial charge in [-0.1, -0.05) is 6.07 Å². The Morgan fingerprint density at radius 3 is 2.54 bits per heavy atom. The number of benzene rings is 2. The van der Waals surface area contributed by atoms with E-state index in [1.807, 2.05) is 26.0 Å². The maximum atomic E-state index is 13.3. The number of hydrogen-bond acceptors (Lipinski definition) is 3. The van der Waals surface area contributed by atoms with Gasteiger partial charge in [0.25, 0.3) is 5.91 Å². The molecule has 7 heteroatoms. The van der Waals surface area contributed by atoms with Gasteiger partial charge in [0.1, 0.15) is 6.33 Å². The van der Waals surface area contributed by atoms with Gasteiger partial charge >= 0.3 is 0 Å². The van der Waals surface area contributed by atoms with Crippen LogP contribution in [0.2, 0.25) is 0 Å². The van der Waals surface area contributed by atoms with Crippen LogP contribution in [0.1, 0.15) is 21.7 Å². The van der Waals surface area contributed by atoms with Crippen LogP contribution in [0.4, 0.5) is 14.5 Å². The fourth-order valence-electron chi connectivity index (χ4n) is 2.13. The van der Waals surface area contributed by atoms with E-state index in [0.717, 1.165) is 23.3 Å². The van der Waals surface area contributed by atoms with E-state index in [1.54, 1.807) is 6.07 Å². The molecule has 24 heavy (non-hydrogen) atoms. The highest BCUT2D eigenvalue weighted by atomic mass is 19.2. The van der Waals surface area contributed by atoms with E-state index in [1.165, 1.54) is 17.1 Å². The molecule has 122 valence electrons. The Morgan fingerprint density at radius 1 is 1.04 bits per heavy atom. The number of nitrogens with zero attached hydrogens (tertiary/aromatic N) is 3. The van der Waals surface area contributed by atoms with Crippen LogP contribution in [0.3, 0.4) is 0 Å². The highest BCUT2D eigenvalue weighted by molar-refractivity contribution is 6.01. The van der Waals surface area contributed by atoms with Gasteiger partial charge in [0.15, 0.2) is 11.6 Å². The number of nitrogens with one attached hydrogen (secondary N) is 1. The number of amides is 1. The predicted octanol–water partition coefficient (Wildman–Crippen LogP) is 3.41. The monoisotopic (exact) mass is 328 g/mol. The van der Waals surface area contributed by atoms with Crippen LogP contribution >= 0.6 is 0 Å². The number of carbonyl (C=O) groups is 1. The molecule has 0 fully saturated rings. The first-order valence-corrected chi connectivity index (χ1v) is 7.20. The normalized spacial score (nSPS) is 10.7. The number of halogens is 2. The minimum Gasteiger partial charge on any atom is -0.319 e. The molecule has 0 spiro atoms. The topological polar surface area (TPSA) is 59.8 Å². The highest BCUT2D eigenvalue weighted by Crippen LogP contribution is 2.15. The number of hydrogen-bond donors (Lipinski definition) is 1. The molecule has 1 heterocycles. The molecule has 0 aliphatic rings. The molecular formula is C17H14F2N4O. The molecule has 1 aromatic heterocycles. The minimum atomic E-state index is -0.996. The summed E-state index contributed by atoms with van der Waals surface area (Å²) in [6.07, 6.45) is 1.27. The van der Waals surface area contributed by atoms with E-state index in [9.17, 15) is 13.6 Å². The van der Waals surface area contributed by atoms with E-state index in [2.05, 4.69) is 15.4 Å². The van der Waals surface area contributed by atoms with E-state index in [4.69, 9.17) is 0 Å². The van der Waals surface area contributed by atoms with Gasteiger partial charge in [-0.3, -0.25) is 4.79 Å². The Labute approximate surface area is 137 Å². The summed E-state index contributed by atoms with van der Waals surface area (Å²) < 4.78 is 27.4. The van der Waals surface area contributed by atoms with Crippen molar-refractivity contribution in [3.05, 3.63) is 71.3 Å². The van der Waals surface area contributed by atoms with Gasteiger partial charge in [-0.05, 0) is 49.2 Å². The van der Waals surface area contributed by atoms with Crippen LogP contribution in [0.25, 0.3) is 5.69 Å². The molecule has 2 aromatic carbocycles. The molecule has 0 saturated carbocycles. The van der Waals surface area contributed by atoms with Crippen LogP contribution in [-0.4, -0.2) is 20.7 Å². The number of carbonyl (C=O) groups excluding carboxylic acids is 1. The van der Waals surface area contributed by atoms with Crippen LogP contribution in [0.15, 0.2) is 42.7 Å². The van der Waals surface area contributed by atoms with Gasteiger partial charge in [0, 0.05) is 11.8 Å². The summed E-state index contributed by atoms with van der Waals surface area (Å²) in [5.41, 5.74) is 3.07. The maximum absolute atomic E-state index is 13.3. The molecule has 0 atom stereocenters. The van der Waals surface area contributed by atoms with Crippen molar-refractivity contribution in [1.82, 2.24) is 14.8 Å². The average molecular weight is 328 g/mol. The van der Waals surface area contributed by atoms with E-state index in [0.29, 0.717) is 5.69 Å². The first kappa shape index (κ1) is 15.8. The van der Waals surface area contributed by atoms with Crippen molar-refractivity contribution in [2.45, 2.75) is 13.8 Å². The van der Waals surface area contributed by atoms with Crippen molar-refractivity contribution in [2.24, 2.45) is 0 Å². The first-order chi connectivity index (χ1) is 11.4. The molecule has 0 bridgehead atoms. The zero-order valence-electron chi connectivity index (χ0n) is 13.0. The lowest BCUT2D eigenvalue weighted by Crippen LogP contribution is -2.14. The van der Waals surface area contributed by atoms with Gasteiger partial charge in [-0.15, -0.1) is 5.10 Å². The SMILES string of the molecule is Cc1ccc(NC(=O)c2ncn(-c3ccc(F)c(F)c3)n2)cc1C. The zero-order valence-corrected chi connectivity index (χ0v) is 13.0. The lowest BCUT2D eigenvalue weighted by atomic mass is 10.1. The quantitative estimate of drug-likeness (QED) is 0.801. The van der Waals surface area contributed by atoms with Crippen molar-refractivity contribution in [3.63, 3.8) is 0 Å². The molecule has 0 saturated heterocycles. The molecule has 3 aromatic rings. The molecule has 1 N–H and O–H groups in total. The standard InChI is InChI=1S/C17H14F2N4O/c1-10-3-4-12(7-11(10)2)21-17(24)16-20-9-23(22-16)13-5-6-14(18)15(19)8-13/h3-9H,1-2H3,(H,21,24). The molecule has 1 amide bonds. The third kappa shape index (κ3) is 3.15. The second-order valence-electron chi connectivity index (χ2n) is 5.36. The Bertz CT molecular complexity index is 921. The molecule has 0 radical (unpaired) electrons. The summed E-state index contributed by atoms with van der Waals surface area (Å²) >= 11 is 0. The van der Waals surface area contributed by atoms with Gasteiger partial charge in [-0.2, -0.15) is 0 Å².